The van der Waals surface area contributed by atoms with Crippen LogP contribution in [-0.4, -0.2) is 13.0 Å². The van der Waals surface area contributed by atoms with Crippen molar-refractivity contribution < 1.29 is 14.3 Å². The van der Waals surface area contributed by atoms with Crippen molar-refractivity contribution in [1.29, 1.82) is 5.26 Å². The number of carbonyl (C=O) groups excluding carboxylic acids is 1. The van der Waals surface area contributed by atoms with Gasteiger partial charge >= 0.3 is 0 Å². The van der Waals surface area contributed by atoms with E-state index in [9.17, 15) is 10.1 Å². The second-order valence-corrected chi connectivity index (χ2v) is 8.98. The Morgan fingerprint density at radius 1 is 1.16 bits per heavy atom. The van der Waals surface area contributed by atoms with E-state index in [-0.39, 0.29) is 5.57 Å². The molecule has 0 bridgehead atoms. The molecule has 0 spiro atoms. The van der Waals surface area contributed by atoms with Crippen LogP contribution in [0, 0.1) is 21.8 Å². The number of nitrogens with one attached hydrogen (secondary N) is 1. The van der Waals surface area contributed by atoms with Crippen LogP contribution in [0.5, 0.6) is 11.5 Å². The van der Waals surface area contributed by atoms with Gasteiger partial charge in [-0.3, -0.25) is 4.79 Å². The summed E-state index contributed by atoms with van der Waals surface area (Å²) in [6, 6.07) is 20.9. The van der Waals surface area contributed by atoms with E-state index in [0.29, 0.717) is 33.8 Å². The number of methoxy groups -OCH3 is 1. The lowest BCUT2D eigenvalue weighted by Crippen LogP contribution is -2.14. The summed E-state index contributed by atoms with van der Waals surface area (Å²) in [5.41, 5.74) is 3.21. The summed E-state index contributed by atoms with van der Waals surface area (Å²) in [6.07, 6.45) is 1.52. The minimum Gasteiger partial charge on any atom is -0.493 e. The largest absolute Gasteiger partial charge is 0.493 e. The Bertz CT molecular complexity index is 1200. The smallest absolute Gasteiger partial charge is 0.266 e. The molecule has 1 N–H and O–H groups in total. The molecular formula is C25H20BrIN2O3. The molecule has 0 heterocycles. The molecule has 0 saturated carbocycles. The Labute approximate surface area is 209 Å². The lowest BCUT2D eigenvalue weighted by molar-refractivity contribution is -0.112. The number of ether oxygens (including phenoxy) is 2. The number of carbonyl (C=O) groups is 1. The Morgan fingerprint density at radius 3 is 2.53 bits per heavy atom. The van der Waals surface area contributed by atoms with Crippen LogP contribution in [0.3, 0.4) is 0 Å². The number of nitrogens with zero attached hydrogens (tertiary/aromatic N) is 1. The van der Waals surface area contributed by atoms with Crippen molar-refractivity contribution in [3.63, 3.8) is 0 Å². The number of hydrogen-bond donors (Lipinski definition) is 1. The van der Waals surface area contributed by atoms with Gasteiger partial charge in [0.1, 0.15) is 18.2 Å². The summed E-state index contributed by atoms with van der Waals surface area (Å²) >= 11 is 5.77. The fourth-order valence-corrected chi connectivity index (χ4v) is 3.68. The number of benzene rings is 3. The van der Waals surface area contributed by atoms with Gasteiger partial charge in [-0.2, -0.15) is 5.26 Å². The van der Waals surface area contributed by atoms with Crippen LogP contribution in [0.4, 0.5) is 5.69 Å². The molecule has 0 aliphatic carbocycles. The standard InChI is InChI=1S/C25H20BrIN2O3/c1-16-5-3-4-6-22(16)29-25(30)19(14-28)11-18-12-23(31-2)24(13-21(18)26)32-15-17-7-9-20(27)10-8-17/h3-13H,15H2,1-2H3,(H,29,30)/b19-11-. The number of nitriles is 1. The van der Waals surface area contributed by atoms with Crippen LogP contribution >= 0.6 is 38.5 Å². The van der Waals surface area contributed by atoms with Gasteiger partial charge in [-0.05, 0) is 82.6 Å². The number of rotatable bonds is 7. The van der Waals surface area contributed by atoms with Gasteiger partial charge in [0.05, 0.1) is 7.11 Å². The zero-order valence-electron chi connectivity index (χ0n) is 17.5. The van der Waals surface area contributed by atoms with E-state index in [2.05, 4.69) is 43.8 Å². The summed E-state index contributed by atoms with van der Waals surface area (Å²) in [5.74, 6) is 0.575. The van der Waals surface area contributed by atoms with Gasteiger partial charge in [-0.1, -0.05) is 46.3 Å². The third-order valence-electron chi connectivity index (χ3n) is 4.65. The molecule has 32 heavy (non-hydrogen) atoms. The molecule has 1 amide bonds. The molecule has 7 heteroatoms. The number of anilines is 1. The number of para-hydroxylation sites is 1. The van der Waals surface area contributed by atoms with E-state index >= 15 is 0 Å². The predicted octanol–water partition coefficient (Wildman–Crippen LogP) is 6.50. The highest BCUT2D eigenvalue weighted by Crippen LogP contribution is 2.35. The quantitative estimate of drug-likeness (QED) is 0.190. The molecule has 3 aromatic rings. The number of aryl methyl sites for hydroxylation is 1. The SMILES string of the molecule is COc1cc(/C=C(/C#N)C(=O)Nc2ccccc2C)c(Br)cc1OCc1ccc(I)cc1. The van der Waals surface area contributed by atoms with Gasteiger partial charge in [0.25, 0.3) is 5.91 Å². The Hall–Kier alpha value is -2.83. The molecule has 0 aliphatic rings. The molecular weight excluding hydrogens is 583 g/mol. The monoisotopic (exact) mass is 602 g/mol. The third kappa shape index (κ3) is 6.11. The van der Waals surface area contributed by atoms with Crippen molar-refractivity contribution in [3.8, 4) is 17.6 Å². The van der Waals surface area contributed by atoms with Crippen molar-refractivity contribution >= 4 is 56.2 Å². The molecule has 0 atom stereocenters. The fourth-order valence-electron chi connectivity index (χ4n) is 2.88. The maximum atomic E-state index is 12.6. The maximum absolute atomic E-state index is 12.6. The van der Waals surface area contributed by atoms with Gasteiger partial charge in [0.15, 0.2) is 11.5 Å². The van der Waals surface area contributed by atoms with Gasteiger partial charge in [0.2, 0.25) is 0 Å². The Kier molecular flexibility index (Phi) is 8.31. The Balaban J connectivity index is 1.82. The minimum atomic E-state index is -0.480. The van der Waals surface area contributed by atoms with E-state index in [1.54, 1.807) is 25.3 Å². The van der Waals surface area contributed by atoms with Crippen LogP contribution < -0.4 is 14.8 Å². The number of hydrogen-bond acceptors (Lipinski definition) is 4. The van der Waals surface area contributed by atoms with E-state index in [4.69, 9.17) is 9.47 Å². The molecule has 0 aromatic heterocycles. The van der Waals surface area contributed by atoms with E-state index in [1.165, 1.54) is 6.08 Å². The Morgan fingerprint density at radius 2 is 1.88 bits per heavy atom. The van der Waals surface area contributed by atoms with Crippen molar-refractivity contribution in [2.75, 3.05) is 12.4 Å². The predicted molar refractivity (Wildman–Crippen MR) is 138 cm³/mol. The van der Waals surface area contributed by atoms with Crippen LogP contribution in [0.1, 0.15) is 16.7 Å². The highest BCUT2D eigenvalue weighted by Gasteiger charge is 2.14. The minimum absolute atomic E-state index is 0.0245. The summed E-state index contributed by atoms with van der Waals surface area (Å²) in [5, 5.41) is 12.3. The second-order valence-electron chi connectivity index (χ2n) is 6.88. The number of halogens is 2. The zero-order valence-corrected chi connectivity index (χ0v) is 21.2. The topological polar surface area (TPSA) is 71.3 Å². The molecule has 0 unspecified atom stereocenters. The molecule has 0 fully saturated rings. The van der Waals surface area contributed by atoms with Gasteiger partial charge < -0.3 is 14.8 Å². The van der Waals surface area contributed by atoms with Crippen molar-refractivity contribution in [2.24, 2.45) is 0 Å². The van der Waals surface area contributed by atoms with Crippen LogP contribution in [0.2, 0.25) is 0 Å². The summed E-state index contributed by atoms with van der Waals surface area (Å²) in [4.78, 5) is 12.6. The number of amides is 1. The van der Waals surface area contributed by atoms with Crippen molar-refractivity contribution in [2.45, 2.75) is 13.5 Å². The molecule has 3 rings (SSSR count). The van der Waals surface area contributed by atoms with Crippen LogP contribution in [0.25, 0.3) is 6.08 Å². The molecule has 0 radical (unpaired) electrons. The average molecular weight is 603 g/mol. The van der Waals surface area contributed by atoms with Crippen molar-refractivity contribution in [3.05, 3.63) is 91.0 Å². The zero-order chi connectivity index (χ0) is 23.1. The summed E-state index contributed by atoms with van der Waals surface area (Å²) in [6.45, 7) is 2.28. The third-order valence-corrected chi connectivity index (χ3v) is 6.05. The highest BCUT2D eigenvalue weighted by atomic mass is 127. The van der Waals surface area contributed by atoms with Crippen molar-refractivity contribution in [1.82, 2.24) is 0 Å². The molecule has 3 aromatic carbocycles. The molecule has 162 valence electrons. The first kappa shape index (κ1) is 23.8. The first-order valence-corrected chi connectivity index (χ1v) is 11.5. The lowest BCUT2D eigenvalue weighted by atomic mass is 10.1. The van der Waals surface area contributed by atoms with E-state index in [1.807, 2.05) is 55.5 Å². The van der Waals surface area contributed by atoms with Gasteiger partial charge in [0, 0.05) is 13.7 Å². The van der Waals surface area contributed by atoms with Gasteiger partial charge in [-0.15, -0.1) is 0 Å². The first-order valence-electron chi connectivity index (χ1n) is 9.65. The second kappa shape index (κ2) is 11.2. The summed E-state index contributed by atoms with van der Waals surface area (Å²) in [7, 11) is 1.55. The highest BCUT2D eigenvalue weighted by molar-refractivity contribution is 14.1. The lowest BCUT2D eigenvalue weighted by Gasteiger charge is -2.13. The molecule has 5 nitrogen and oxygen atoms in total. The molecule has 0 saturated heterocycles. The van der Waals surface area contributed by atoms with E-state index < -0.39 is 5.91 Å². The molecule has 0 aliphatic heterocycles. The first-order chi connectivity index (χ1) is 15.4. The maximum Gasteiger partial charge on any atom is 0.266 e. The summed E-state index contributed by atoms with van der Waals surface area (Å²) < 4.78 is 13.2. The fraction of sp³-hybridized carbons (Fsp3) is 0.120. The normalized spacial score (nSPS) is 10.9. The van der Waals surface area contributed by atoms with Crippen LogP contribution in [-0.2, 0) is 11.4 Å². The van der Waals surface area contributed by atoms with Gasteiger partial charge in [-0.25, -0.2) is 0 Å². The van der Waals surface area contributed by atoms with E-state index in [0.717, 1.165) is 14.7 Å². The average Bonchev–Trinajstić information content (AvgIpc) is 2.79. The van der Waals surface area contributed by atoms with Crippen LogP contribution in [0.15, 0.2) is 70.7 Å².